The number of nitrogens with zero attached hydrogens (tertiary/aromatic N) is 4. The van der Waals surface area contributed by atoms with Crippen molar-refractivity contribution in [3.63, 3.8) is 0 Å². The number of hydrogen-bond donors (Lipinski definition) is 0. The second-order valence-electron chi connectivity index (χ2n) is 10.9. The fourth-order valence-corrected chi connectivity index (χ4v) is 5.70. The third-order valence-corrected chi connectivity index (χ3v) is 8.22. The first-order valence-electron chi connectivity index (χ1n) is 14.4. The number of aryl methyl sites for hydroxylation is 3. The molecule has 1 fully saturated rings. The number of esters is 2. The molecule has 47 heavy (non-hydrogen) atoms. The molecular formula is C34H25Cl3N4O6. The molecule has 3 aromatic carbocycles. The van der Waals surface area contributed by atoms with Crippen LogP contribution in [0.15, 0.2) is 66.7 Å². The summed E-state index contributed by atoms with van der Waals surface area (Å²) in [5.41, 5.74) is 2.10. The fourth-order valence-electron chi connectivity index (χ4n) is 5.07. The van der Waals surface area contributed by atoms with Crippen molar-refractivity contribution in [2.24, 2.45) is 7.05 Å². The Morgan fingerprint density at radius 1 is 0.830 bits per heavy atom. The topological polar surface area (TPSA) is 122 Å². The van der Waals surface area contributed by atoms with E-state index in [1.165, 1.54) is 48.1 Å². The summed E-state index contributed by atoms with van der Waals surface area (Å²) >= 11 is 18.4. The monoisotopic (exact) mass is 690 g/mol. The van der Waals surface area contributed by atoms with Gasteiger partial charge in [-0.15, -0.1) is 10.2 Å². The van der Waals surface area contributed by atoms with Gasteiger partial charge < -0.3 is 14.2 Å². The summed E-state index contributed by atoms with van der Waals surface area (Å²) in [5, 5.41) is 12.6. The minimum absolute atomic E-state index is 0.0196. The molecule has 1 aliphatic carbocycles. The van der Waals surface area contributed by atoms with Crippen molar-refractivity contribution in [2.45, 2.75) is 32.6 Å². The van der Waals surface area contributed by atoms with Gasteiger partial charge in [0.2, 0.25) is 11.7 Å². The van der Waals surface area contributed by atoms with Crippen LogP contribution in [0.5, 0.6) is 23.3 Å². The molecule has 238 valence electrons. The lowest BCUT2D eigenvalue weighted by molar-refractivity contribution is 0.0680. The van der Waals surface area contributed by atoms with E-state index >= 15 is 0 Å². The number of aromatic nitrogens is 4. The molecule has 10 nitrogen and oxygen atoms in total. The summed E-state index contributed by atoms with van der Waals surface area (Å²) in [6.07, 6.45) is 2.09. The maximum absolute atomic E-state index is 13.6. The van der Waals surface area contributed by atoms with Crippen LogP contribution in [0.4, 0.5) is 0 Å². The van der Waals surface area contributed by atoms with E-state index < -0.39 is 17.7 Å². The Bertz CT molecular complexity index is 2080. The Balaban J connectivity index is 1.28. The van der Waals surface area contributed by atoms with Gasteiger partial charge in [-0.25, -0.2) is 14.3 Å². The smallest absolute Gasteiger partial charge is 0.345 e. The number of benzene rings is 3. The van der Waals surface area contributed by atoms with Crippen molar-refractivity contribution in [1.82, 2.24) is 20.0 Å². The third-order valence-electron chi connectivity index (χ3n) is 7.49. The van der Waals surface area contributed by atoms with Gasteiger partial charge in [0.25, 0.3) is 5.88 Å². The predicted molar refractivity (Wildman–Crippen MR) is 174 cm³/mol. The highest BCUT2D eigenvalue weighted by Crippen LogP contribution is 2.47. The van der Waals surface area contributed by atoms with Crippen molar-refractivity contribution in [1.29, 1.82) is 0 Å². The van der Waals surface area contributed by atoms with Crippen molar-refractivity contribution in [2.75, 3.05) is 0 Å². The predicted octanol–water partition coefficient (Wildman–Crippen LogP) is 8.13. The molecule has 0 bridgehead atoms. The van der Waals surface area contributed by atoms with Gasteiger partial charge in [0.05, 0.1) is 21.8 Å². The van der Waals surface area contributed by atoms with Gasteiger partial charge >= 0.3 is 11.9 Å². The quantitative estimate of drug-likeness (QED) is 0.111. The Labute approximate surface area is 284 Å². The van der Waals surface area contributed by atoms with E-state index in [1.807, 2.05) is 25.1 Å². The molecule has 6 rings (SSSR count). The molecule has 2 heterocycles. The first-order valence-corrected chi connectivity index (χ1v) is 15.5. The van der Waals surface area contributed by atoms with Gasteiger partial charge in [-0.2, -0.15) is 5.10 Å². The molecule has 0 atom stereocenters. The first-order chi connectivity index (χ1) is 22.5. The third kappa shape index (κ3) is 6.71. The van der Waals surface area contributed by atoms with Gasteiger partial charge in [0.1, 0.15) is 11.3 Å². The number of ether oxygens (including phenoxy) is 3. The van der Waals surface area contributed by atoms with Crippen molar-refractivity contribution >= 4 is 52.5 Å². The molecule has 5 aromatic rings. The molecule has 0 N–H and O–H groups in total. The lowest BCUT2D eigenvalue weighted by Crippen LogP contribution is -2.19. The molecule has 0 saturated heterocycles. The summed E-state index contributed by atoms with van der Waals surface area (Å²) in [7, 11) is 1.51. The zero-order valence-electron chi connectivity index (χ0n) is 25.2. The molecule has 0 spiro atoms. The fraction of sp³-hybridized carbons (Fsp3) is 0.176. The van der Waals surface area contributed by atoms with Gasteiger partial charge in [-0.05, 0) is 74.1 Å². The van der Waals surface area contributed by atoms with E-state index in [4.69, 9.17) is 49.0 Å². The number of carbonyl (C=O) groups is 3. The van der Waals surface area contributed by atoms with E-state index in [9.17, 15) is 14.4 Å². The van der Waals surface area contributed by atoms with Gasteiger partial charge in [-0.1, -0.05) is 65.1 Å². The van der Waals surface area contributed by atoms with E-state index in [-0.39, 0.29) is 49.9 Å². The van der Waals surface area contributed by atoms with Crippen LogP contribution in [-0.4, -0.2) is 37.7 Å². The summed E-state index contributed by atoms with van der Waals surface area (Å²) < 4.78 is 18.8. The van der Waals surface area contributed by atoms with Crippen LogP contribution in [0.25, 0.3) is 0 Å². The van der Waals surface area contributed by atoms with Crippen LogP contribution in [0.2, 0.25) is 15.2 Å². The van der Waals surface area contributed by atoms with E-state index in [1.54, 1.807) is 19.1 Å². The number of para-hydroxylation sites is 1. The normalized spacial score (nSPS) is 12.5. The van der Waals surface area contributed by atoms with Crippen LogP contribution in [0.3, 0.4) is 0 Å². The van der Waals surface area contributed by atoms with E-state index in [0.29, 0.717) is 22.4 Å². The Hall–Kier alpha value is -4.77. The Kier molecular flexibility index (Phi) is 9.01. The van der Waals surface area contributed by atoms with E-state index in [0.717, 1.165) is 24.0 Å². The highest BCUT2D eigenvalue weighted by molar-refractivity contribution is 6.37. The van der Waals surface area contributed by atoms with Crippen LogP contribution in [-0.2, 0) is 7.05 Å². The second kappa shape index (κ2) is 13.2. The molecule has 0 unspecified atom stereocenters. The number of ketones is 1. The van der Waals surface area contributed by atoms with Crippen LogP contribution >= 0.6 is 34.8 Å². The average molecular weight is 692 g/mol. The highest BCUT2D eigenvalue weighted by Gasteiger charge is 2.30. The molecule has 13 heteroatoms. The highest BCUT2D eigenvalue weighted by atomic mass is 35.5. The van der Waals surface area contributed by atoms with Crippen LogP contribution in [0, 0.1) is 13.8 Å². The zero-order valence-corrected chi connectivity index (χ0v) is 27.5. The van der Waals surface area contributed by atoms with Crippen molar-refractivity contribution in [3.05, 3.63) is 121 Å². The largest absolute Gasteiger partial charge is 0.434 e. The van der Waals surface area contributed by atoms with Gasteiger partial charge in [0.15, 0.2) is 10.9 Å². The van der Waals surface area contributed by atoms with Crippen molar-refractivity contribution < 1.29 is 28.6 Å². The number of rotatable bonds is 9. The average Bonchev–Trinajstić information content (AvgIpc) is 3.84. The standard InChI is InChI=1S/C34H25Cl3N4O6/c1-17-7-6-10-21(19-11-12-19)30(17)46-31-26(16-27(37)38-39-31)45-33(43)22-8-4-5-9-23(22)34(44)47-32-28(18(2)40-41(32)3)29(42)24-14-13-20(35)15-25(24)36/h4-10,13-16,19H,11-12H2,1-3H3. The first kappa shape index (κ1) is 32.2. The lowest BCUT2D eigenvalue weighted by Gasteiger charge is -2.15. The minimum Gasteiger partial charge on any atom is -0.434 e. The van der Waals surface area contributed by atoms with Gasteiger partial charge in [-0.3, -0.25) is 4.79 Å². The number of hydrogen-bond acceptors (Lipinski definition) is 9. The molecular weight excluding hydrogens is 667 g/mol. The SMILES string of the molecule is Cc1cccc(C2CC2)c1Oc1nnc(Cl)cc1OC(=O)c1ccccc1C(=O)Oc1c(C(=O)c2ccc(Cl)cc2Cl)c(C)nn1C. The van der Waals surface area contributed by atoms with Gasteiger partial charge in [0, 0.05) is 23.7 Å². The molecule has 1 saturated carbocycles. The summed E-state index contributed by atoms with van der Waals surface area (Å²) in [6, 6.07) is 17.5. The van der Waals surface area contributed by atoms with Crippen LogP contribution in [0.1, 0.15) is 72.2 Å². The second-order valence-corrected chi connectivity index (χ2v) is 12.1. The van der Waals surface area contributed by atoms with Crippen molar-refractivity contribution in [3.8, 4) is 23.3 Å². The number of halogens is 3. The lowest BCUT2D eigenvalue weighted by atomic mass is 10.0. The molecule has 0 amide bonds. The van der Waals surface area contributed by atoms with Crippen LogP contribution < -0.4 is 14.2 Å². The summed E-state index contributed by atoms with van der Waals surface area (Å²) in [5.74, 6) is -1.72. The Morgan fingerprint density at radius 3 is 2.21 bits per heavy atom. The van der Waals surface area contributed by atoms with E-state index in [2.05, 4.69) is 15.3 Å². The Morgan fingerprint density at radius 2 is 1.53 bits per heavy atom. The summed E-state index contributed by atoms with van der Waals surface area (Å²) in [6.45, 7) is 3.50. The number of carbonyl (C=O) groups excluding carboxylic acids is 3. The zero-order chi connectivity index (χ0) is 33.4. The molecule has 2 aromatic heterocycles. The maximum atomic E-state index is 13.6. The maximum Gasteiger partial charge on any atom is 0.345 e. The molecule has 0 aliphatic heterocycles. The summed E-state index contributed by atoms with van der Waals surface area (Å²) in [4.78, 5) is 40.7. The molecule has 1 aliphatic rings. The molecule has 0 radical (unpaired) electrons. The minimum atomic E-state index is -0.937.